The van der Waals surface area contributed by atoms with Crippen molar-refractivity contribution in [2.24, 2.45) is 17.8 Å². The predicted octanol–water partition coefficient (Wildman–Crippen LogP) is 4.63. The number of rotatable bonds is 2. The van der Waals surface area contributed by atoms with Crippen LogP contribution < -0.4 is 0 Å². The molecule has 0 aliphatic heterocycles. The van der Waals surface area contributed by atoms with E-state index >= 15 is 0 Å². The Morgan fingerprint density at radius 1 is 1.20 bits per heavy atom. The third-order valence-corrected chi connectivity index (χ3v) is 5.30. The summed E-state index contributed by atoms with van der Waals surface area (Å²) >= 11 is 5.93. The van der Waals surface area contributed by atoms with E-state index < -0.39 is 5.97 Å². The van der Waals surface area contributed by atoms with Gasteiger partial charge in [0.05, 0.1) is 0 Å². The lowest BCUT2D eigenvalue weighted by atomic mass is 9.73. The van der Waals surface area contributed by atoms with Gasteiger partial charge in [0.15, 0.2) is 0 Å². The first-order valence-corrected chi connectivity index (χ1v) is 7.65. The third-order valence-electron chi connectivity index (χ3n) is 5.05. The van der Waals surface area contributed by atoms with Gasteiger partial charge in [0, 0.05) is 10.6 Å². The number of hydrogen-bond donors (Lipinski definition) is 1. The van der Waals surface area contributed by atoms with Crippen molar-refractivity contribution in [2.75, 3.05) is 0 Å². The molecule has 3 rings (SSSR count). The lowest BCUT2D eigenvalue weighted by molar-refractivity contribution is -0.133. The number of aliphatic carboxylic acids is 1. The SMILES string of the molecule is CC1CCC2CC(C(=O)O)=C(c3ccc(Cl)cc3)CC12. The summed E-state index contributed by atoms with van der Waals surface area (Å²) in [5.74, 6) is 1.15. The fourth-order valence-corrected chi connectivity index (χ4v) is 4.02. The Labute approximate surface area is 124 Å². The monoisotopic (exact) mass is 290 g/mol. The number of carbonyl (C=O) groups is 1. The van der Waals surface area contributed by atoms with Gasteiger partial charge in [-0.25, -0.2) is 4.79 Å². The highest BCUT2D eigenvalue weighted by Crippen LogP contribution is 2.49. The van der Waals surface area contributed by atoms with Gasteiger partial charge in [-0.05, 0) is 60.3 Å². The zero-order valence-corrected chi connectivity index (χ0v) is 12.4. The Hall–Kier alpha value is -1.28. The second kappa shape index (κ2) is 5.25. The maximum Gasteiger partial charge on any atom is 0.331 e. The van der Waals surface area contributed by atoms with E-state index in [0.717, 1.165) is 24.0 Å². The largest absolute Gasteiger partial charge is 0.478 e. The molecule has 3 atom stereocenters. The highest BCUT2D eigenvalue weighted by molar-refractivity contribution is 6.30. The first-order valence-electron chi connectivity index (χ1n) is 7.27. The molecule has 1 aromatic carbocycles. The van der Waals surface area contributed by atoms with E-state index in [1.54, 1.807) is 0 Å². The molecule has 0 aromatic heterocycles. The zero-order chi connectivity index (χ0) is 14.3. The maximum atomic E-state index is 11.6. The molecule has 1 fully saturated rings. The molecule has 0 bridgehead atoms. The van der Waals surface area contributed by atoms with E-state index in [-0.39, 0.29) is 0 Å². The average Bonchev–Trinajstić information content (AvgIpc) is 2.79. The molecule has 0 amide bonds. The summed E-state index contributed by atoms with van der Waals surface area (Å²) in [6, 6.07) is 7.57. The van der Waals surface area contributed by atoms with Crippen LogP contribution in [0.5, 0.6) is 0 Å². The molecule has 0 saturated heterocycles. The predicted molar refractivity (Wildman–Crippen MR) is 80.6 cm³/mol. The van der Waals surface area contributed by atoms with E-state index in [2.05, 4.69) is 6.92 Å². The summed E-state index contributed by atoms with van der Waals surface area (Å²) in [6.45, 7) is 2.30. The Bertz CT molecular complexity index is 559. The number of fused-ring (bicyclic) bond motifs is 1. The summed E-state index contributed by atoms with van der Waals surface area (Å²) in [5, 5.41) is 10.2. The number of carboxylic acids is 1. The number of allylic oxidation sites excluding steroid dienone is 1. The molecule has 0 radical (unpaired) electrons. The van der Waals surface area contributed by atoms with Gasteiger partial charge in [-0.1, -0.05) is 37.1 Å². The molecular formula is C17H19ClO2. The van der Waals surface area contributed by atoms with Gasteiger partial charge in [0.2, 0.25) is 0 Å². The molecule has 2 nitrogen and oxygen atoms in total. The first kappa shape index (κ1) is 13.7. The Morgan fingerprint density at radius 3 is 2.55 bits per heavy atom. The molecule has 1 N–H and O–H groups in total. The van der Waals surface area contributed by atoms with Crippen molar-refractivity contribution in [3.63, 3.8) is 0 Å². The molecular weight excluding hydrogens is 272 g/mol. The van der Waals surface area contributed by atoms with Gasteiger partial charge >= 0.3 is 5.97 Å². The van der Waals surface area contributed by atoms with E-state index in [1.165, 1.54) is 12.8 Å². The van der Waals surface area contributed by atoms with E-state index in [4.69, 9.17) is 11.6 Å². The van der Waals surface area contributed by atoms with Gasteiger partial charge in [-0.3, -0.25) is 0 Å². The minimum atomic E-state index is -0.757. The average molecular weight is 291 g/mol. The van der Waals surface area contributed by atoms with E-state index in [0.29, 0.717) is 28.3 Å². The van der Waals surface area contributed by atoms with Crippen LogP contribution in [-0.2, 0) is 4.79 Å². The van der Waals surface area contributed by atoms with Crippen LogP contribution in [0.4, 0.5) is 0 Å². The van der Waals surface area contributed by atoms with Gasteiger partial charge < -0.3 is 5.11 Å². The van der Waals surface area contributed by atoms with Crippen molar-refractivity contribution in [3.05, 3.63) is 40.4 Å². The van der Waals surface area contributed by atoms with Crippen molar-refractivity contribution in [2.45, 2.75) is 32.6 Å². The van der Waals surface area contributed by atoms with Crippen LogP contribution in [0.2, 0.25) is 5.02 Å². The number of halogens is 1. The van der Waals surface area contributed by atoms with Gasteiger partial charge in [0.25, 0.3) is 0 Å². The fraction of sp³-hybridized carbons (Fsp3) is 0.471. The lowest BCUT2D eigenvalue weighted by Gasteiger charge is -2.31. The molecule has 3 unspecified atom stereocenters. The second-order valence-corrected chi connectivity index (χ2v) is 6.59. The van der Waals surface area contributed by atoms with Crippen molar-refractivity contribution in [1.29, 1.82) is 0 Å². The maximum absolute atomic E-state index is 11.6. The van der Waals surface area contributed by atoms with E-state index in [1.807, 2.05) is 24.3 Å². The Kier molecular flexibility index (Phi) is 3.59. The van der Waals surface area contributed by atoms with Crippen molar-refractivity contribution in [3.8, 4) is 0 Å². The number of carboxylic acid groups (broad SMARTS) is 1. The number of benzene rings is 1. The zero-order valence-electron chi connectivity index (χ0n) is 11.6. The van der Waals surface area contributed by atoms with Crippen LogP contribution in [0.1, 0.15) is 38.2 Å². The van der Waals surface area contributed by atoms with Crippen molar-refractivity contribution < 1.29 is 9.90 Å². The van der Waals surface area contributed by atoms with Crippen LogP contribution in [0.15, 0.2) is 29.8 Å². The van der Waals surface area contributed by atoms with Gasteiger partial charge in [-0.15, -0.1) is 0 Å². The number of hydrogen-bond acceptors (Lipinski definition) is 1. The Morgan fingerprint density at radius 2 is 1.90 bits per heavy atom. The summed E-state index contributed by atoms with van der Waals surface area (Å²) < 4.78 is 0. The summed E-state index contributed by atoms with van der Waals surface area (Å²) in [6.07, 6.45) is 4.03. The minimum Gasteiger partial charge on any atom is -0.478 e. The standard InChI is InChI=1S/C17H19ClO2/c1-10-2-3-12-8-16(17(19)20)15(9-14(10)12)11-4-6-13(18)7-5-11/h4-7,10,12,14H,2-3,8-9H2,1H3,(H,19,20). The fourth-order valence-electron chi connectivity index (χ4n) is 3.89. The second-order valence-electron chi connectivity index (χ2n) is 6.16. The smallest absolute Gasteiger partial charge is 0.331 e. The molecule has 2 aliphatic carbocycles. The van der Waals surface area contributed by atoms with Gasteiger partial charge in [0.1, 0.15) is 0 Å². The molecule has 2 aliphatic rings. The molecule has 0 heterocycles. The van der Waals surface area contributed by atoms with Crippen LogP contribution in [0.25, 0.3) is 5.57 Å². The van der Waals surface area contributed by atoms with Crippen molar-refractivity contribution >= 4 is 23.1 Å². The molecule has 0 spiro atoms. The minimum absolute atomic E-state index is 0.562. The highest BCUT2D eigenvalue weighted by atomic mass is 35.5. The molecule has 1 aromatic rings. The lowest BCUT2D eigenvalue weighted by Crippen LogP contribution is -2.23. The molecule has 20 heavy (non-hydrogen) atoms. The van der Waals surface area contributed by atoms with E-state index in [9.17, 15) is 9.90 Å². The quantitative estimate of drug-likeness (QED) is 0.862. The Balaban J connectivity index is 2.01. The topological polar surface area (TPSA) is 37.3 Å². The van der Waals surface area contributed by atoms with Crippen molar-refractivity contribution in [1.82, 2.24) is 0 Å². The van der Waals surface area contributed by atoms with Crippen LogP contribution >= 0.6 is 11.6 Å². The summed E-state index contributed by atoms with van der Waals surface area (Å²) in [4.78, 5) is 11.6. The summed E-state index contributed by atoms with van der Waals surface area (Å²) in [7, 11) is 0. The van der Waals surface area contributed by atoms with Crippen LogP contribution in [0.3, 0.4) is 0 Å². The molecule has 1 saturated carbocycles. The normalized spacial score (nSPS) is 29.4. The highest BCUT2D eigenvalue weighted by Gasteiger charge is 2.39. The van der Waals surface area contributed by atoms with Crippen LogP contribution in [0, 0.1) is 17.8 Å². The summed E-state index contributed by atoms with van der Waals surface area (Å²) in [5.41, 5.74) is 2.65. The molecule has 3 heteroatoms. The van der Waals surface area contributed by atoms with Crippen LogP contribution in [-0.4, -0.2) is 11.1 Å². The first-order chi connectivity index (χ1) is 9.56. The van der Waals surface area contributed by atoms with Gasteiger partial charge in [-0.2, -0.15) is 0 Å². The third kappa shape index (κ3) is 2.37. The molecule has 106 valence electrons.